The lowest BCUT2D eigenvalue weighted by molar-refractivity contribution is 0.146. The second-order valence-corrected chi connectivity index (χ2v) is 6.99. The van der Waals surface area contributed by atoms with E-state index >= 15 is 0 Å². The van der Waals surface area contributed by atoms with Crippen molar-refractivity contribution in [2.45, 2.75) is 25.8 Å². The number of hydrogen-bond donors (Lipinski definition) is 1. The maximum absolute atomic E-state index is 9.11. The van der Waals surface area contributed by atoms with E-state index in [1.165, 1.54) is 0 Å². The van der Waals surface area contributed by atoms with Gasteiger partial charge in [-0.3, -0.25) is 4.98 Å². The molecule has 0 atom stereocenters. The van der Waals surface area contributed by atoms with Crippen molar-refractivity contribution in [2.24, 2.45) is 5.92 Å². The van der Waals surface area contributed by atoms with E-state index in [1.807, 2.05) is 42.7 Å². The Balaban J connectivity index is 1.56. The summed E-state index contributed by atoms with van der Waals surface area (Å²) in [5.41, 5.74) is 2.92. The van der Waals surface area contributed by atoms with Crippen LogP contribution in [0, 0.1) is 5.92 Å². The third-order valence-electron chi connectivity index (χ3n) is 5.22. The number of likely N-dealkylation sites (tertiary alicyclic amines) is 1. The van der Waals surface area contributed by atoms with Crippen LogP contribution < -0.4 is 0 Å². The SMILES string of the molecule is OCCN1CCC(Cc2nc3cccnc3n2Cc2ccccn2)CC1. The summed E-state index contributed by atoms with van der Waals surface area (Å²) in [4.78, 5) is 16.3. The molecule has 26 heavy (non-hydrogen) atoms. The molecule has 1 N–H and O–H groups in total. The number of piperidine rings is 1. The van der Waals surface area contributed by atoms with Gasteiger partial charge in [-0.1, -0.05) is 6.07 Å². The first-order valence-corrected chi connectivity index (χ1v) is 9.37. The number of aromatic nitrogens is 4. The second-order valence-electron chi connectivity index (χ2n) is 6.99. The van der Waals surface area contributed by atoms with E-state index in [9.17, 15) is 0 Å². The Kier molecular flexibility index (Phi) is 5.22. The fraction of sp³-hybridized carbons (Fsp3) is 0.450. The zero-order valence-corrected chi connectivity index (χ0v) is 15.0. The maximum atomic E-state index is 9.11. The number of aliphatic hydroxyl groups is 1. The summed E-state index contributed by atoms with van der Waals surface area (Å²) >= 11 is 0. The van der Waals surface area contributed by atoms with Gasteiger partial charge in [0.05, 0.1) is 18.8 Å². The van der Waals surface area contributed by atoms with Crippen LogP contribution in [0.5, 0.6) is 0 Å². The summed E-state index contributed by atoms with van der Waals surface area (Å²) in [6.07, 6.45) is 6.94. The van der Waals surface area contributed by atoms with Gasteiger partial charge in [0.15, 0.2) is 5.65 Å². The fourth-order valence-electron chi connectivity index (χ4n) is 3.79. The van der Waals surface area contributed by atoms with Crippen molar-refractivity contribution in [1.29, 1.82) is 0 Å². The number of pyridine rings is 2. The monoisotopic (exact) mass is 351 g/mol. The molecule has 0 radical (unpaired) electrons. The summed E-state index contributed by atoms with van der Waals surface area (Å²) in [7, 11) is 0. The van der Waals surface area contributed by atoms with Crippen LogP contribution in [0.15, 0.2) is 42.7 Å². The zero-order chi connectivity index (χ0) is 17.8. The molecule has 3 aromatic rings. The molecule has 3 aromatic heterocycles. The maximum Gasteiger partial charge on any atom is 0.160 e. The normalized spacial score (nSPS) is 16.3. The molecule has 0 spiro atoms. The van der Waals surface area contributed by atoms with Gasteiger partial charge in [0.25, 0.3) is 0 Å². The highest BCUT2D eigenvalue weighted by Crippen LogP contribution is 2.24. The van der Waals surface area contributed by atoms with Gasteiger partial charge in [-0.2, -0.15) is 0 Å². The lowest BCUT2D eigenvalue weighted by atomic mass is 9.93. The average Bonchev–Trinajstić information content (AvgIpc) is 3.02. The molecule has 1 saturated heterocycles. The molecule has 6 heteroatoms. The topological polar surface area (TPSA) is 67.1 Å². The quantitative estimate of drug-likeness (QED) is 0.737. The Morgan fingerprint density at radius 3 is 2.65 bits per heavy atom. The van der Waals surface area contributed by atoms with Crippen LogP contribution >= 0.6 is 0 Å². The first-order valence-electron chi connectivity index (χ1n) is 9.37. The van der Waals surface area contributed by atoms with Crippen LogP contribution in [0.3, 0.4) is 0 Å². The fourth-order valence-corrected chi connectivity index (χ4v) is 3.79. The number of rotatable bonds is 6. The summed E-state index contributed by atoms with van der Waals surface area (Å²) in [6, 6.07) is 9.98. The zero-order valence-electron chi connectivity index (χ0n) is 15.0. The summed E-state index contributed by atoms with van der Waals surface area (Å²) in [5.74, 6) is 1.73. The van der Waals surface area contributed by atoms with Crippen molar-refractivity contribution in [3.05, 3.63) is 54.2 Å². The van der Waals surface area contributed by atoms with Crippen molar-refractivity contribution in [1.82, 2.24) is 24.4 Å². The van der Waals surface area contributed by atoms with Crippen LogP contribution in [-0.4, -0.2) is 55.8 Å². The second kappa shape index (κ2) is 7.93. The van der Waals surface area contributed by atoms with Crippen molar-refractivity contribution >= 4 is 11.2 Å². The summed E-state index contributed by atoms with van der Waals surface area (Å²) < 4.78 is 2.22. The molecule has 1 aliphatic rings. The van der Waals surface area contributed by atoms with Gasteiger partial charge >= 0.3 is 0 Å². The van der Waals surface area contributed by atoms with E-state index in [1.54, 1.807) is 0 Å². The van der Waals surface area contributed by atoms with Gasteiger partial charge in [-0.05, 0) is 56.1 Å². The number of aliphatic hydroxyl groups excluding tert-OH is 1. The van der Waals surface area contributed by atoms with E-state index in [0.29, 0.717) is 12.5 Å². The Morgan fingerprint density at radius 1 is 1.04 bits per heavy atom. The standard InChI is InChI=1S/C20H25N5O/c26-13-12-24-10-6-16(7-11-24)14-19-23-18-5-3-9-22-20(18)25(19)15-17-4-1-2-8-21-17/h1-5,8-9,16,26H,6-7,10-15H2. The minimum atomic E-state index is 0.246. The van der Waals surface area contributed by atoms with Gasteiger partial charge in [0.2, 0.25) is 0 Å². The Hall–Kier alpha value is -2.31. The van der Waals surface area contributed by atoms with Crippen LogP contribution in [0.25, 0.3) is 11.2 Å². The number of β-amino-alcohol motifs (C(OH)–C–C–N with tert-alkyl or cyclic N) is 1. The van der Waals surface area contributed by atoms with Crippen LogP contribution in [0.2, 0.25) is 0 Å². The van der Waals surface area contributed by atoms with Crippen LogP contribution in [-0.2, 0) is 13.0 Å². The Labute approximate surface area is 153 Å². The number of imidazole rings is 1. The Bertz CT molecular complexity index is 840. The molecule has 0 amide bonds. The van der Waals surface area contributed by atoms with Gasteiger partial charge < -0.3 is 14.6 Å². The van der Waals surface area contributed by atoms with Crippen molar-refractivity contribution in [3.63, 3.8) is 0 Å². The molecule has 4 heterocycles. The lowest BCUT2D eigenvalue weighted by Gasteiger charge is -2.31. The predicted molar refractivity (Wildman–Crippen MR) is 101 cm³/mol. The van der Waals surface area contributed by atoms with Crippen molar-refractivity contribution in [3.8, 4) is 0 Å². The number of fused-ring (bicyclic) bond motifs is 1. The smallest absolute Gasteiger partial charge is 0.160 e. The lowest BCUT2D eigenvalue weighted by Crippen LogP contribution is -2.36. The number of hydrogen-bond acceptors (Lipinski definition) is 5. The molecule has 0 unspecified atom stereocenters. The average molecular weight is 351 g/mol. The first-order chi connectivity index (χ1) is 12.8. The largest absolute Gasteiger partial charge is 0.395 e. The molecule has 0 saturated carbocycles. The van der Waals surface area contributed by atoms with Crippen LogP contribution in [0.4, 0.5) is 0 Å². The van der Waals surface area contributed by atoms with Gasteiger partial charge in [0, 0.05) is 25.4 Å². The molecule has 136 valence electrons. The van der Waals surface area contributed by atoms with Gasteiger partial charge in [-0.15, -0.1) is 0 Å². The van der Waals surface area contributed by atoms with Gasteiger partial charge in [-0.25, -0.2) is 9.97 Å². The number of nitrogens with zero attached hydrogens (tertiary/aromatic N) is 5. The molecule has 0 bridgehead atoms. The molecule has 1 aliphatic heterocycles. The highest BCUT2D eigenvalue weighted by Gasteiger charge is 2.22. The highest BCUT2D eigenvalue weighted by molar-refractivity contribution is 5.71. The summed E-state index contributed by atoms with van der Waals surface area (Å²) in [6.45, 7) is 3.85. The molecular weight excluding hydrogens is 326 g/mol. The van der Waals surface area contributed by atoms with Crippen molar-refractivity contribution in [2.75, 3.05) is 26.2 Å². The minimum Gasteiger partial charge on any atom is -0.395 e. The molecule has 0 aliphatic carbocycles. The van der Waals surface area contributed by atoms with E-state index in [4.69, 9.17) is 10.1 Å². The highest BCUT2D eigenvalue weighted by atomic mass is 16.3. The molecule has 1 fully saturated rings. The third-order valence-corrected chi connectivity index (χ3v) is 5.22. The molecule has 4 rings (SSSR count). The molecule has 6 nitrogen and oxygen atoms in total. The Morgan fingerprint density at radius 2 is 1.88 bits per heavy atom. The van der Waals surface area contributed by atoms with E-state index in [2.05, 4.69) is 19.4 Å². The van der Waals surface area contributed by atoms with Gasteiger partial charge in [0.1, 0.15) is 11.3 Å². The summed E-state index contributed by atoms with van der Waals surface area (Å²) in [5, 5.41) is 9.11. The van der Waals surface area contributed by atoms with E-state index in [0.717, 1.165) is 61.6 Å². The van der Waals surface area contributed by atoms with E-state index in [-0.39, 0.29) is 6.61 Å². The van der Waals surface area contributed by atoms with Crippen molar-refractivity contribution < 1.29 is 5.11 Å². The predicted octanol–water partition coefficient (Wildman–Crippen LogP) is 2.12. The first kappa shape index (κ1) is 17.1. The molecular formula is C20H25N5O. The van der Waals surface area contributed by atoms with Crippen LogP contribution in [0.1, 0.15) is 24.4 Å². The van der Waals surface area contributed by atoms with E-state index < -0.39 is 0 Å². The third kappa shape index (κ3) is 3.76. The molecule has 0 aromatic carbocycles. The minimum absolute atomic E-state index is 0.246.